The van der Waals surface area contributed by atoms with Gasteiger partial charge in [0.15, 0.2) is 0 Å². The molecule has 0 bridgehead atoms. The molecule has 0 aliphatic heterocycles. The Labute approximate surface area is 142 Å². The second-order valence-corrected chi connectivity index (χ2v) is 5.77. The first-order valence-corrected chi connectivity index (χ1v) is 7.63. The summed E-state index contributed by atoms with van der Waals surface area (Å²) in [4.78, 5) is 3.97. The van der Waals surface area contributed by atoms with Crippen molar-refractivity contribution >= 4 is 11.4 Å². The van der Waals surface area contributed by atoms with Crippen LogP contribution in [0, 0.1) is 11.3 Å². The molecule has 1 aromatic carbocycles. The highest BCUT2D eigenvalue weighted by Crippen LogP contribution is 2.34. The monoisotopic (exact) mass is 348 g/mol. The van der Waals surface area contributed by atoms with E-state index in [0.717, 1.165) is 17.8 Å². The number of hydrogen-bond donors (Lipinski definition) is 2. The molecule has 2 atom stereocenters. The molecule has 8 heteroatoms. The lowest BCUT2D eigenvalue weighted by atomic mass is 9.96. The fourth-order valence-electron chi connectivity index (χ4n) is 2.82. The number of hydrogen-bond acceptors (Lipinski definition) is 4. The number of allylic oxidation sites excluding steroid dienone is 1. The first-order chi connectivity index (χ1) is 11.9. The number of aliphatic hydroxyl groups is 1. The molecule has 1 aromatic heterocycles. The molecule has 130 valence electrons. The number of anilines is 1. The van der Waals surface area contributed by atoms with Crippen LogP contribution in [0.5, 0.6) is 0 Å². The van der Waals surface area contributed by atoms with Gasteiger partial charge in [0.2, 0.25) is 0 Å². The molecule has 0 unspecified atom stereocenters. The van der Waals surface area contributed by atoms with Gasteiger partial charge < -0.3 is 15.0 Å². The minimum absolute atomic E-state index is 0.193. The summed E-state index contributed by atoms with van der Waals surface area (Å²) in [5.74, 6) is 0. The van der Waals surface area contributed by atoms with Crippen molar-refractivity contribution in [3.63, 3.8) is 0 Å². The maximum Gasteiger partial charge on any atom is 0.417 e. The summed E-state index contributed by atoms with van der Waals surface area (Å²) in [5, 5.41) is 21.9. The zero-order chi connectivity index (χ0) is 18.0. The SMILES string of the molecule is N#Cc1ccc(N[C@H]2C=C(n3ccnc3)CC[C@@H]2O)cc1C(F)(F)F. The predicted molar refractivity (Wildman–Crippen MR) is 85.3 cm³/mol. The van der Waals surface area contributed by atoms with Crippen molar-refractivity contribution in [3.8, 4) is 6.07 Å². The number of nitrogens with zero attached hydrogens (tertiary/aromatic N) is 3. The van der Waals surface area contributed by atoms with Gasteiger partial charge in [0.05, 0.1) is 35.7 Å². The van der Waals surface area contributed by atoms with E-state index in [1.54, 1.807) is 35.4 Å². The number of halogens is 3. The first-order valence-electron chi connectivity index (χ1n) is 7.63. The van der Waals surface area contributed by atoms with Gasteiger partial charge in [-0.1, -0.05) is 0 Å². The highest BCUT2D eigenvalue weighted by atomic mass is 19.4. The Morgan fingerprint density at radius 3 is 2.80 bits per heavy atom. The lowest BCUT2D eigenvalue weighted by Crippen LogP contribution is -2.35. The second-order valence-electron chi connectivity index (χ2n) is 5.77. The van der Waals surface area contributed by atoms with E-state index < -0.39 is 29.4 Å². The quantitative estimate of drug-likeness (QED) is 0.893. The van der Waals surface area contributed by atoms with Gasteiger partial charge in [0.1, 0.15) is 0 Å². The smallest absolute Gasteiger partial charge is 0.391 e. The number of rotatable bonds is 3. The van der Waals surface area contributed by atoms with Gasteiger partial charge in [-0.3, -0.25) is 0 Å². The lowest BCUT2D eigenvalue weighted by molar-refractivity contribution is -0.137. The van der Waals surface area contributed by atoms with Crippen molar-refractivity contribution in [2.45, 2.75) is 31.2 Å². The Balaban J connectivity index is 1.88. The van der Waals surface area contributed by atoms with E-state index in [9.17, 15) is 18.3 Å². The molecular weight excluding hydrogens is 333 g/mol. The molecule has 0 saturated carbocycles. The van der Waals surface area contributed by atoms with Gasteiger partial charge in [0.25, 0.3) is 0 Å². The number of aliphatic hydroxyl groups excluding tert-OH is 1. The number of imidazole rings is 1. The Hall–Kier alpha value is -2.79. The largest absolute Gasteiger partial charge is 0.417 e. The van der Waals surface area contributed by atoms with Crippen molar-refractivity contribution in [2.75, 3.05) is 5.32 Å². The molecule has 0 fully saturated rings. The van der Waals surface area contributed by atoms with E-state index >= 15 is 0 Å². The lowest BCUT2D eigenvalue weighted by Gasteiger charge is -2.28. The van der Waals surface area contributed by atoms with E-state index in [0.29, 0.717) is 12.8 Å². The molecule has 2 aromatic rings. The average molecular weight is 348 g/mol. The maximum atomic E-state index is 13.1. The summed E-state index contributed by atoms with van der Waals surface area (Å²) < 4.78 is 41.0. The summed E-state index contributed by atoms with van der Waals surface area (Å²) in [7, 11) is 0. The summed E-state index contributed by atoms with van der Waals surface area (Å²) in [5.41, 5.74) is -0.329. The van der Waals surface area contributed by atoms with E-state index in [1.165, 1.54) is 6.07 Å². The Kier molecular flexibility index (Phi) is 4.51. The normalized spacial score (nSPS) is 20.7. The highest BCUT2D eigenvalue weighted by Gasteiger charge is 2.34. The molecule has 0 amide bonds. The van der Waals surface area contributed by atoms with E-state index in [2.05, 4.69) is 10.3 Å². The first kappa shape index (κ1) is 17.0. The van der Waals surface area contributed by atoms with Crippen molar-refractivity contribution in [1.29, 1.82) is 5.26 Å². The van der Waals surface area contributed by atoms with Crippen LogP contribution in [-0.4, -0.2) is 26.8 Å². The summed E-state index contributed by atoms with van der Waals surface area (Å²) in [6.07, 6.45) is 2.57. The van der Waals surface area contributed by atoms with E-state index in [4.69, 9.17) is 5.26 Å². The number of alkyl halides is 3. The van der Waals surface area contributed by atoms with Crippen LogP contribution in [0.2, 0.25) is 0 Å². The number of benzene rings is 1. The molecule has 1 aliphatic rings. The van der Waals surface area contributed by atoms with Crippen molar-refractivity contribution in [2.24, 2.45) is 0 Å². The molecule has 0 saturated heterocycles. The van der Waals surface area contributed by atoms with Crippen LogP contribution in [0.3, 0.4) is 0 Å². The second kappa shape index (κ2) is 6.61. The number of aromatic nitrogens is 2. The van der Waals surface area contributed by atoms with Crippen LogP contribution in [0.15, 0.2) is 43.0 Å². The molecule has 1 heterocycles. The average Bonchev–Trinajstić information content (AvgIpc) is 3.10. The van der Waals surface area contributed by atoms with Crippen LogP contribution in [0.1, 0.15) is 24.0 Å². The Morgan fingerprint density at radius 1 is 1.36 bits per heavy atom. The van der Waals surface area contributed by atoms with Gasteiger partial charge in [0, 0.05) is 23.8 Å². The molecule has 0 radical (unpaired) electrons. The molecule has 0 spiro atoms. The summed E-state index contributed by atoms with van der Waals surface area (Å²) in [6.45, 7) is 0. The predicted octanol–water partition coefficient (Wildman–Crippen LogP) is 3.25. The zero-order valence-electron chi connectivity index (χ0n) is 13.0. The highest BCUT2D eigenvalue weighted by molar-refractivity contribution is 5.56. The fourth-order valence-corrected chi connectivity index (χ4v) is 2.82. The van der Waals surface area contributed by atoms with Crippen LogP contribution < -0.4 is 5.32 Å². The molecular formula is C17H15F3N4O. The maximum absolute atomic E-state index is 13.1. The van der Waals surface area contributed by atoms with Crippen molar-refractivity contribution < 1.29 is 18.3 Å². The third-order valence-corrected chi connectivity index (χ3v) is 4.10. The third kappa shape index (κ3) is 3.67. The Morgan fingerprint density at radius 2 is 2.16 bits per heavy atom. The zero-order valence-corrected chi connectivity index (χ0v) is 13.0. The molecule has 25 heavy (non-hydrogen) atoms. The van der Waals surface area contributed by atoms with Crippen LogP contribution in [0.25, 0.3) is 5.70 Å². The number of nitrogens with one attached hydrogen (secondary N) is 1. The van der Waals surface area contributed by atoms with E-state index in [1.807, 2.05) is 0 Å². The topological polar surface area (TPSA) is 73.9 Å². The van der Waals surface area contributed by atoms with Gasteiger partial charge in [-0.2, -0.15) is 18.4 Å². The van der Waals surface area contributed by atoms with Gasteiger partial charge in [-0.15, -0.1) is 0 Å². The van der Waals surface area contributed by atoms with Gasteiger partial charge in [-0.25, -0.2) is 4.98 Å². The minimum atomic E-state index is -4.62. The summed E-state index contributed by atoms with van der Waals surface area (Å²) in [6, 6.07) is 4.43. The number of nitriles is 1. The van der Waals surface area contributed by atoms with Crippen LogP contribution >= 0.6 is 0 Å². The van der Waals surface area contributed by atoms with Crippen LogP contribution in [-0.2, 0) is 6.18 Å². The van der Waals surface area contributed by atoms with Crippen LogP contribution in [0.4, 0.5) is 18.9 Å². The summed E-state index contributed by atoms with van der Waals surface area (Å²) >= 11 is 0. The minimum Gasteiger partial charge on any atom is -0.391 e. The third-order valence-electron chi connectivity index (χ3n) is 4.10. The van der Waals surface area contributed by atoms with E-state index in [-0.39, 0.29) is 5.69 Å². The Bertz CT molecular complexity index is 821. The van der Waals surface area contributed by atoms with Crippen molar-refractivity contribution in [3.05, 3.63) is 54.1 Å². The fraction of sp³-hybridized carbons (Fsp3) is 0.294. The molecule has 5 nitrogen and oxygen atoms in total. The van der Waals surface area contributed by atoms with Crippen molar-refractivity contribution in [1.82, 2.24) is 9.55 Å². The standard InChI is InChI=1S/C17H15F3N4O/c18-17(19,20)14-7-12(2-1-11(14)9-21)23-15-8-13(3-4-16(15)25)24-6-5-22-10-24/h1-2,5-8,10,15-16,23,25H,3-4H2/t15-,16-/m0/s1. The van der Waals surface area contributed by atoms with Gasteiger partial charge in [-0.05, 0) is 37.1 Å². The molecule has 2 N–H and O–H groups in total. The molecule has 1 aliphatic carbocycles. The molecule has 3 rings (SSSR count). The van der Waals surface area contributed by atoms with Gasteiger partial charge >= 0.3 is 6.18 Å².